The van der Waals surface area contributed by atoms with Gasteiger partial charge in [-0.25, -0.2) is 0 Å². The molecule has 0 saturated heterocycles. The molecule has 0 heterocycles. The van der Waals surface area contributed by atoms with Crippen LogP contribution in [0.25, 0.3) is 18.2 Å². The molecule has 3 aromatic carbocycles. The van der Waals surface area contributed by atoms with E-state index >= 15 is 0 Å². The van der Waals surface area contributed by atoms with E-state index in [-0.39, 0.29) is 136 Å². The average molecular weight is 3010 g/mol. The molecule has 0 spiro atoms. The van der Waals surface area contributed by atoms with Gasteiger partial charge in [-0.1, -0.05) is 0 Å². The van der Waals surface area contributed by atoms with E-state index in [4.69, 9.17) is 174 Å². The van der Waals surface area contributed by atoms with Crippen molar-refractivity contribution in [1.29, 1.82) is 0 Å². The molecule has 0 aromatic heterocycles. The molecule has 0 fully saturated rings. The molecule has 0 aliphatic carbocycles. The first-order chi connectivity index (χ1) is 52.1. The number of halogens is 18. The van der Waals surface area contributed by atoms with Gasteiger partial charge in [0.25, 0.3) is 0 Å². The van der Waals surface area contributed by atoms with Gasteiger partial charge in [0, 0.05) is 31.7 Å². The number of hydrogen-bond acceptors (Lipinski definition) is 0. The first-order valence-corrected chi connectivity index (χ1v) is 90.8. The third-order valence-corrected chi connectivity index (χ3v) is 44.3. The molecule has 0 atom stereocenters. The molecule has 3 aromatic rings. The van der Waals surface area contributed by atoms with Crippen LogP contribution in [0.5, 0.6) is 0 Å². The second kappa shape index (κ2) is 137. The fourth-order valence-corrected chi connectivity index (χ4v) is 37.2. The van der Waals surface area contributed by atoms with Crippen LogP contribution >= 0.6 is 206 Å². The molecule has 127 heavy (non-hydrogen) atoms. The summed E-state index contributed by atoms with van der Waals surface area (Å²) < 4.78 is 23.5. The topological polar surface area (TPSA) is 0 Å². The van der Waals surface area contributed by atoms with Crippen molar-refractivity contribution >= 4 is 263 Å². The molecule has 0 radical (unpaired) electrons. The van der Waals surface area contributed by atoms with Crippen molar-refractivity contribution in [2.45, 2.75) is 289 Å². The molecular weight excluding hydrogens is 2820 g/mol. The molecule has 0 unspecified atom stereocenters. The molecule has 31 heteroatoms. The van der Waals surface area contributed by atoms with Crippen LogP contribution in [-0.2, 0) is 122 Å². The second-order valence-corrected chi connectivity index (χ2v) is 93.9. The Morgan fingerprint density at radius 2 is 0.339 bits per heavy atom. The molecular formula is C96H180Cl18P4Ru9-10. The van der Waals surface area contributed by atoms with Gasteiger partial charge in [-0.3, -0.25) is 0 Å². The Labute approximate surface area is 919 Å². The minimum absolute atomic E-state index is 0. The van der Waals surface area contributed by atoms with Gasteiger partial charge in [0.1, 0.15) is 0 Å². The maximum atomic E-state index is 5.59. The van der Waals surface area contributed by atoms with E-state index < -0.39 is 122 Å². The van der Waals surface area contributed by atoms with Gasteiger partial charge in [0.2, 0.25) is 0 Å². The summed E-state index contributed by atoms with van der Waals surface area (Å²) in [4.78, 5) is 0. The van der Waals surface area contributed by atoms with Crippen molar-refractivity contribution in [2.75, 3.05) is 0 Å². The van der Waals surface area contributed by atoms with E-state index in [0.717, 1.165) is 84.6 Å². The summed E-state index contributed by atoms with van der Waals surface area (Å²) in [7, 11) is 98.1. The third kappa shape index (κ3) is 170. The predicted molar refractivity (Wildman–Crippen MR) is 630 cm³/mol. The summed E-state index contributed by atoms with van der Waals surface area (Å²) in [6, 6.07) is 29.6. The standard InChI is InChI=1S/4C9H21P.3C8H6.2C5H8.4C3H4.14CH3.18ClH.9Ru/c4*1-7(2)10(8(3)4)9(5)6;3*1-2-8-6-4-3-5-7-8;2*1-4-5(2)3;4*1-3-2;;;;;;;;;;;;;;;;;;;;;;;;;;;;;;;;;;;;;;;;;/h4*7-9H,1-6H3;3*2-7H;2*1,4H,2-3H3;4*3H,1H3;14*1H3;18*1H;;;;;;;;;/q;;;;;;;;;;;;;14*-1;;;;;;;;;;;;;;;;;;;9*+2/p-14. The van der Waals surface area contributed by atoms with Crippen molar-refractivity contribution in [3.63, 3.8) is 0 Å². The van der Waals surface area contributed by atoms with Gasteiger partial charge < -0.3 is 104 Å². The SMILES string of the molecule is CC(C)=C[CH]=[Ru]([Cl])[Cl].CC(C)=C[CH]=[Ru]([Cl])[Cl].CC(C)[PH+](C(C)C)C(C)C.CC(C)[PH+](C(C)C)C(C)C.CC(C)[PH+](C(C)C)C(C)C.CC(C)[PH+](C(C)C)C(C)C.CC=[C]=[Ru]([Cl])[Cl].CC=[C]=[Ru]([Cl])[Cl].CC=[C]=[Ru]([Cl])[Cl].CC=[C]=[Ru]([Cl])[Cl].[CH3-].[CH3-].[CH3-].[CH3-].[CH3-].[CH3-].[CH3-].[CH3-].[CH3-].[CH3-].[CH3-].[CH3-].[CH3-].[CH3-].[Cl][Ru]([Cl])=[C]=Cc1ccccc1.[Cl][Ru]([Cl])=[C]=Cc1ccccc1.[Cl][Ru]([Cl])=[C]=Cc1ccccc1. The molecule has 3 rings (SSSR count). The number of allylic oxidation sites excluding steroid dienone is 8. The first kappa shape index (κ1) is 196. The number of hydrogen-bond donors (Lipinski definition) is 0. The van der Waals surface area contributed by atoms with Crippen LogP contribution in [0.3, 0.4) is 0 Å². The Balaban J connectivity index is -0.0000000410. The number of benzene rings is 3. The summed E-state index contributed by atoms with van der Waals surface area (Å²) in [5.74, 6) is 0. The summed E-state index contributed by atoms with van der Waals surface area (Å²) in [5.41, 5.74) is 17.0. The second-order valence-electron chi connectivity index (χ2n) is 26.8. The van der Waals surface area contributed by atoms with Crippen molar-refractivity contribution in [2.24, 2.45) is 0 Å². The average Bonchev–Trinajstić information content (AvgIpc) is 0.935. The fourth-order valence-electron chi connectivity index (χ4n) is 10.6. The van der Waals surface area contributed by atoms with E-state index in [2.05, 4.69) is 196 Å². The molecule has 0 bridgehead atoms. The van der Waals surface area contributed by atoms with E-state index in [1.165, 1.54) is 11.1 Å². The zero-order chi connectivity index (χ0) is 90.7. The van der Waals surface area contributed by atoms with Crippen LogP contribution in [0, 0.1) is 104 Å². The zero-order valence-electron chi connectivity index (χ0n) is 85.9. The Kier molecular flexibility index (Phi) is 211. The van der Waals surface area contributed by atoms with Crippen molar-refractivity contribution in [3.05, 3.63) is 259 Å². The summed E-state index contributed by atoms with van der Waals surface area (Å²) >= 11 is -14.5. The maximum absolute atomic E-state index is 5.59. The predicted octanol–water partition coefficient (Wildman–Crippen LogP) is 42.0. The Hall–Kier alpha value is 6.98. The summed E-state index contributed by atoms with van der Waals surface area (Å²) in [6.07, 6.45) is 16.4. The molecule has 0 saturated carbocycles. The van der Waals surface area contributed by atoms with Crippen molar-refractivity contribution in [1.82, 2.24) is 0 Å². The molecule has 0 nitrogen and oxygen atoms in total. The van der Waals surface area contributed by atoms with Crippen LogP contribution in [-0.4, -0.2) is 107 Å². The minimum atomic E-state index is -1.74. The summed E-state index contributed by atoms with van der Waals surface area (Å²) in [6.45, 7) is 72.3. The molecule has 0 aliphatic heterocycles. The van der Waals surface area contributed by atoms with Crippen molar-refractivity contribution in [3.8, 4) is 0 Å². The Morgan fingerprint density at radius 3 is 0.394 bits per heavy atom. The van der Waals surface area contributed by atoms with Crippen LogP contribution in [0.15, 0.2) is 139 Å². The van der Waals surface area contributed by atoms with Gasteiger partial charge in [0.05, 0.1) is 67.9 Å². The van der Waals surface area contributed by atoms with Crippen LogP contribution in [0.2, 0.25) is 0 Å². The molecule has 0 amide bonds. The van der Waals surface area contributed by atoms with E-state index in [0.29, 0.717) is 0 Å². The number of rotatable bonds is 17. The quantitative estimate of drug-likeness (QED) is 0.0718. The Bertz CT molecular complexity index is 2930. The third-order valence-electron chi connectivity index (χ3n) is 13.0. The monoisotopic (exact) mass is 3000 g/mol. The van der Waals surface area contributed by atoms with Gasteiger partial charge >= 0.3 is 564 Å². The van der Waals surface area contributed by atoms with Crippen LogP contribution < -0.4 is 0 Å². The van der Waals surface area contributed by atoms with Gasteiger partial charge in [-0.15, -0.1) is 0 Å². The zero-order valence-corrected chi connectivity index (χ0v) is 119. The van der Waals surface area contributed by atoms with Crippen molar-refractivity contribution < 1.29 is 122 Å². The normalized spacial score (nSPS) is 9.70. The summed E-state index contributed by atoms with van der Waals surface area (Å²) in [5, 5.41) is 0. The molecule has 0 aliphatic rings. The van der Waals surface area contributed by atoms with Gasteiger partial charge in [-0.05, 0) is 166 Å². The van der Waals surface area contributed by atoms with Crippen LogP contribution in [0.1, 0.15) is 238 Å². The van der Waals surface area contributed by atoms with E-state index in [1.54, 1.807) is 24.3 Å². The fraction of sp³-hybridized carbons (Fsp3) is 0.458. The first-order valence-electron chi connectivity index (χ1n) is 35.5. The van der Waals surface area contributed by atoms with E-state index in [9.17, 15) is 0 Å². The molecule has 0 N–H and O–H groups in total. The van der Waals surface area contributed by atoms with Gasteiger partial charge in [-0.2, -0.15) is 0 Å². The van der Waals surface area contributed by atoms with Gasteiger partial charge in [0.15, 0.2) is 0 Å². The Morgan fingerprint density at radius 1 is 0.220 bits per heavy atom. The van der Waals surface area contributed by atoms with Crippen LogP contribution in [0.4, 0.5) is 0 Å². The molecule has 792 valence electrons. The van der Waals surface area contributed by atoms with E-state index in [1.807, 2.05) is 186 Å².